The smallest absolute Gasteiger partial charge is 0.235 e. The minimum atomic E-state index is -3.07. The van der Waals surface area contributed by atoms with Crippen LogP contribution in [0.25, 0.3) is 0 Å². The fourth-order valence-corrected chi connectivity index (χ4v) is 3.44. The zero-order valence-electron chi connectivity index (χ0n) is 9.67. The van der Waals surface area contributed by atoms with Crippen molar-refractivity contribution in [1.29, 1.82) is 0 Å². The lowest BCUT2D eigenvalue weighted by molar-refractivity contribution is 0.599. The van der Waals surface area contributed by atoms with Gasteiger partial charge in [-0.1, -0.05) is 12.1 Å². The SMILES string of the molecule is CC(N)c1ccc(N2CCCS2(=O)=O)cc1.Cl. The molecule has 1 aromatic rings. The van der Waals surface area contributed by atoms with Gasteiger partial charge in [0, 0.05) is 12.6 Å². The van der Waals surface area contributed by atoms with E-state index in [1.807, 2.05) is 31.2 Å². The molecule has 0 saturated carbocycles. The maximum Gasteiger partial charge on any atom is 0.235 e. The maximum atomic E-state index is 11.7. The molecule has 96 valence electrons. The summed E-state index contributed by atoms with van der Waals surface area (Å²) < 4.78 is 24.8. The van der Waals surface area contributed by atoms with Crippen molar-refractivity contribution in [3.63, 3.8) is 0 Å². The van der Waals surface area contributed by atoms with Crippen LogP contribution in [0, 0.1) is 0 Å². The molecule has 1 aliphatic rings. The van der Waals surface area contributed by atoms with Crippen LogP contribution in [0.15, 0.2) is 24.3 Å². The number of halogens is 1. The molecule has 6 heteroatoms. The van der Waals surface area contributed by atoms with Crippen molar-refractivity contribution in [3.8, 4) is 0 Å². The van der Waals surface area contributed by atoms with Crippen LogP contribution in [0.5, 0.6) is 0 Å². The van der Waals surface area contributed by atoms with Crippen molar-refractivity contribution >= 4 is 28.1 Å². The second-order valence-electron chi connectivity index (χ2n) is 4.12. The second kappa shape index (κ2) is 5.25. The first-order chi connectivity index (χ1) is 7.50. The third-order valence-corrected chi connectivity index (χ3v) is 4.68. The van der Waals surface area contributed by atoms with Gasteiger partial charge in [0.25, 0.3) is 0 Å². The molecule has 17 heavy (non-hydrogen) atoms. The van der Waals surface area contributed by atoms with Gasteiger partial charge in [0.1, 0.15) is 0 Å². The van der Waals surface area contributed by atoms with Crippen LogP contribution in [0.4, 0.5) is 5.69 Å². The summed E-state index contributed by atoms with van der Waals surface area (Å²) in [5.74, 6) is 0.252. The molecule has 1 unspecified atom stereocenters. The summed E-state index contributed by atoms with van der Waals surface area (Å²) in [6.07, 6.45) is 0.706. The van der Waals surface area contributed by atoms with Gasteiger partial charge in [-0.2, -0.15) is 0 Å². The number of sulfonamides is 1. The number of hydrogen-bond acceptors (Lipinski definition) is 3. The van der Waals surface area contributed by atoms with Gasteiger partial charge in [-0.25, -0.2) is 8.42 Å². The topological polar surface area (TPSA) is 63.4 Å². The maximum absolute atomic E-state index is 11.7. The highest BCUT2D eigenvalue weighted by atomic mass is 35.5. The highest BCUT2D eigenvalue weighted by Gasteiger charge is 2.28. The van der Waals surface area contributed by atoms with Gasteiger partial charge >= 0.3 is 0 Å². The van der Waals surface area contributed by atoms with Crippen LogP contribution < -0.4 is 10.0 Å². The molecule has 0 aliphatic carbocycles. The van der Waals surface area contributed by atoms with Crippen molar-refractivity contribution in [3.05, 3.63) is 29.8 Å². The summed E-state index contributed by atoms with van der Waals surface area (Å²) in [6, 6.07) is 7.38. The van der Waals surface area contributed by atoms with Crippen molar-refractivity contribution < 1.29 is 8.42 Å². The molecule has 0 bridgehead atoms. The molecular formula is C11H17ClN2O2S. The van der Waals surface area contributed by atoms with Gasteiger partial charge in [-0.3, -0.25) is 4.31 Å². The molecular weight excluding hydrogens is 260 g/mol. The number of hydrogen-bond donors (Lipinski definition) is 1. The van der Waals surface area contributed by atoms with Crippen molar-refractivity contribution in [2.45, 2.75) is 19.4 Å². The molecule has 0 amide bonds. The number of rotatable bonds is 2. The molecule has 2 rings (SSSR count). The number of nitrogens with two attached hydrogens (primary N) is 1. The number of nitrogens with zero attached hydrogens (tertiary/aromatic N) is 1. The molecule has 1 fully saturated rings. The van der Waals surface area contributed by atoms with Crippen LogP contribution in [-0.2, 0) is 10.0 Å². The fraction of sp³-hybridized carbons (Fsp3) is 0.455. The lowest BCUT2D eigenvalue weighted by Gasteiger charge is -2.17. The van der Waals surface area contributed by atoms with Crippen molar-refractivity contribution in [2.24, 2.45) is 5.73 Å². The standard InChI is InChI=1S/C11H16N2O2S.ClH/c1-9(12)10-3-5-11(6-4-10)13-7-2-8-16(13,14)15;/h3-6,9H,2,7-8,12H2,1H3;1H. The number of anilines is 1. The summed E-state index contributed by atoms with van der Waals surface area (Å²) in [7, 11) is -3.07. The van der Waals surface area contributed by atoms with Gasteiger partial charge in [0.15, 0.2) is 0 Å². The Labute approximate surface area is 108 Å². The summed E-state index contributed by atoms with van der Waals surface area (Å²) in [5.41, 5.74) is 7.49. The zero-order valence-corrected chi connectivity index (χ0v) is 11.3. The molecule has 0 spiro atoms. The number of benzene rings is 1. The lowest BCUT2D eigenvalue weighted by Crippen LogP contribution is -2.25. The molecule has 0 aromatic heterocycles. The van der Waals surface area contributed by atoms with Gasteiger partial charge in [0.2, 0.25) is 10.0 Å². The molecule has 0 radical (unpaired) electrons. The van der Waals surface area contributed by atoms with E-state index in [4.69, 9.17) is 5.73 Å². The zero-order chi connectivity index (χ0) is 11.8. The van der Waals surface area contributed by atoms with Crippen LogP contribution in [0.3, 0.4) is 0 Å². The Morgan fingerprint density at radius 2 is 1.88 bits per heavy atom. The minimum absolute atomic E-state index is 0. The molecule has 1 saturated heterocycles. The van der Waals surface area contributed by atoms with E-state index in [0.717, 1.165) is 11.3 Å². The van der Waals surface area contributed by atoms with Gasteiger partial charge in [-0.15, -0.1) is 12.4 Å². The first kappa shape index (κ1) is 14.3. The largest absolute Gasteiger partial charge is 0.324 e. The van der Waals surface area contributed by atoms with E-state index >= 15 is 0 Å². The third-order valence-electron chi connectivity index (χ3n) is 2.81. The van der Waals surface area contributed by atoms with Crippen molar-refractivity contribution in [2.75, 3.05) is 16.6 Å². The molecule has 2 N–H and O–H groups in total. The summed E-state index contributed by atoms with van der Waals surface area (Å²) in [4.78, 5) is 0. The predicted octanol–water partition coefficient (Wildman–Crippen LogP) is 1.67. The normalized spacial score (nSPS) is 19.8. The molecule has 4 nitrogen and oxygen atoms in total. The van der Waals surface area contributed by atoms with E-state index in [1.165, 1.54) is 4.31 Å². The summed E-state index contributed by atoms with van der Waals surface area (Å²) >= 11 is 0. The van der Waals surface area contributed by atoms with E-state index in [2.05, 4.69) is 0 Å². The summed E-state index contributed by atoms with van der Waals surface area (Å²) in [5, 5.41) is 0. The average Bonchev–Trinajstić information content (AvgIpc) is 2.58. The van der Waals surface area contributed by atoms with Crippen molar-refractivity contribution in [1.82, 2.24) is 0 Å². The minimum Gasteiger partial charge on any atom is -0.324 e. The first-order valence-electron chi connectivity index (χ1n) is 5.37. The summed E-state index contributed by atoms with van der Waals surface area (Å²) in [6.45, 7) is 2.49. The second-order valence-corrected chi connectivity index (χ2v) is 6.13. The molecule has 1 atom stereocenters. The van der Waals surface area contributed by atoms with E-state index in [1.54, 1.807) is 0 Å². The fourth-order valence-electron chi connectivity index (χ4n) is 1.87. The molecule has 1 heterocycles. The highest BCUT2D eigenvalue weighted by molar-refractivity contribution is 7.93. The lowest BCUT2D eigenvalue weighted by atomic mass is 10.1. The van der Waals surface area contributed by atoms with Gasteiger partial charge in [-0.05, 0) is 31.0 Å². The van der Waals surface area contributed by atoms with Crippen LogP contribution >= 0.6 is 12.4 Å². The Hall–Kier alpha value is -0.780. The average molecular weight is 277 g/mol. The third kappa shape index (κ3) is 2.91. The monoisotopic (exact) mass is 276 g/mol. The van der Waals surface area contributed by atoms with Gasteiger partial charge < -0.3 is 5.73 Å². The Morgan fingerprint density at radius 3 is 2.29 bits per heavy atom. The molecule has 1 aliphatic heterocycles. The quantitative estimate of drug-likeness (QED) is 0.894. The van der Waals surface area contributed by atoms with E-state index in [-0.39, 0.29) is 24.2 Å². The Bertz CT molecular complexity index is 471. The predicted molar refractivity (Wildman–Crippen MR) is 72.0 cm³/mol. The Morgan fingerprint density at radius 1 is 1.29 bits per heavy atom. The highest BCUT2D eigenvalue weighted by Crippen LogP contribution is 2.25. The van der Waals surface area contributed by atoms with Gasteiger partial charge in [0.05, 0.1) is 11.4 Å². The van der Waals surface area contributed by atoms with Crippen LogP contribution in [0.2, 0.25) is 0 Å². The Kier molecular flexibility index (Phi) is 4.41. The molecule has 1 aromatic carbocycles. The first-order valence-corrected chi connectivity index (χ1v) is 6.97. The van der Waals surface area contributed by atoms with Crippen LogP contribution in [-0.4, -0.2) is 20.7 Å². The van der Waals surface area contributed by atoms with E-state index in [0.29, 0.717) is 13.0 Å². The van der Waals surface area contributed by atoms with Crippen LogP contribution in [0.1, 0.15) is 24.9 Å². The van der Waals surface area contributed by atoms with E-state index < -0.39 is 10.0 Å². The Balaban J connectivity index is 0.00000144. The van der Waals surface area contributed by atoms with E-state index in [9.17, 15) is 8.42 Å².